The van der Waals surface area contributed by atoms with Gasteiger partial charge in [0.05, 0.1) is 12.7 Å². The van der Waals surface area contributed by atoms with E-state index < -0.39 is 23.5 Å². The van der Waals surface area contributed by atoms with Gasteiger partial charge in [-0.2, -0.15) is 13.2 Å². The normalized spacial score (nSPS) is 16.2. The zero-order chi connectivity index (χ0) is 18.9. The molecule has 134 valence electrons. The third-order valence-electron chi connectivity index (χ3n) is 3.77. The predicted octanol–water partition coefficient (Wildman–Crippen LogP) is 4.58. The fourth-order valence-electron chi connectivity index (χ4n) is 2.49. The topological polar surface area (TPSA) is 55.8 Å². The van der Waals surface area contributed by atoms with Gasteiger partial charge in [-0.25, -0.2) is 4.79 Å². The lowest BCUT2D eigenvalue weighted by Crippen LogP contribution is -2.04. The van der Waals surface area contributed by atoms with Gasteiger partial charge in [-0.1, -0.05) is 24.3 Å². The van der Waals surface area contributed by atoms with Crippen molar-refractivity contribution in [1.82, 2.24) is 0 Å². The molecule has 1 N–H and O–H groups in total. The molecule has 0 radical (unpaired) electrons. The number of benzene rings is 2. The van der Waals surface area contributed by atoms with E-state index in [1.807, 2.05) is 0 Å². The smallest absolute Gasteiger partial charge is 0.416 e. The maximum atomic E-state index is 12.8. The Labute approximate surface area is 146 Å². The molecule has 2 aromatic carbocycles. The molecule has 0 saturated carbocycles. The minimum Gasteiger partial charge on any atom is -0.504 e. The molecule has 0 bridgehead atoms. The van der Waals surface area contributed by atoms with Crippen LogP contribution in [0.15, 0.2) is 60.0 Å². The van der Waals surface area contributed by atoms with Crippen LogP contribution < -0.4 is 4.74 Å². The maximum absolute atomic E-state index is 12.8. The van der Waals surface area contributed by atoms with Crippen molar-refractivity contribution in [2.24, 2.45) is 0 Å². The van der Waals surface area contributed by atoms with E-state index in [0.717, 1.165) is 12.1 Å². The minimum atomic E-state index is -4.49. The van der Waals surface area contributed by atoms with Crippen molar-refractivity contribution in [1.29, 1.82) is 0 Å². The summed E-state index contributed by atoms with van der Waals surface area (Å²) >= 11 is 0. The van der Waals surface area contributed by atoms with Gasteiger partial charge in [0.25, 0.3) is 0 Å². The number of carbonyl (C=O) groups is 1. The molecule has 7 heteroatoms. The molecule has 0 atom stereocenters. The number of halogens is 3. The summed E-state index contributed by atoms with van der Waals surface area (Å²) in [5.41, 5.74) is -0.355. The second-order valence-electron chi connectivity index (χ2n) is 5.47. The number of ether oxygens (including phenoxy) is 2. The van der Waals surface area contributed by atoms with Crippen molar-refractivity contribution in [3.8, 4) is 5.75 Å². The molecule has 0 amide bonds. The Balaban J connectivity index is 1.98. The van der Waals surface area contributed by atoms with E-state index in [2.05, 4.69) is 0 Å². The molecule has 1 aliphatic heterocycles. The zero-order valence-electron chi connectivity index (χ0n) is 13.5. The lowest BCUT2D eigenvalue weighted by Gasteiger charge is -2.07. The average molecular weight is 362 g/mol. The Morgan fingerprint density at radius 3 is 2.42 bits per heavy atom. The Bertz CT molecular complexity index is 909. The van der Waals surface area contributed by atoms with E-state index >= 15 is 0 Å². The standard InChI is InChI=1S/C19H13F3O4/c1-25-14-7-5-12(6-8-14)16-17(23)15(26-18(16)24)10-11-3-2-4-13(9-11)19(20,21)22/h2-10,23H,1H3/b15-10-. The summed E-state index contributed by atoms with van der Waals surface area (Å²) in [7, 11) is 1.49. The molecule has 0 spiro atoms. The molecule has 1 heterocycles. The molecule has 3 rings (SSSR count). The first kappa shape index (κ1) is 17.6. The monoisotopic (exact) mass is 362 g/mol. The Morgan fingerprint density at radius 1 is 1.12 bits per heavy atom. The van der Waals surface area contributed by atoms with E-state index in [-0.39, 0.29) is 16.9 Å². The number of hydrogen-bond acceptors (Lipinski definition) is 4. The van der Waals surface area contributed by atoms with Crippen LogP contribution in [0.4, 0.5) is 13.2 Å². The van der Waals surface area contributed by atoms with Crippen molar-refractivity contribution in [3.05, 3.63) is 76.7 Å². The highest BCUT2D eigenvalue weighted by Gasteiger charge is 2.32. The first-order valence-corrected chi connectivity index (χ1v) is 7.49. The van der Waals surface area contributed by atoms with Crippen LogP contribution in [0.25, 0.3) is 11.6 Å². The number of aliphatic hydroxyl groups excluding tert-OH is 1. The number of hydrogen-bond donors (Lipinski definition) is 1. The van der Waals surface area contributed by atoms with Crippen molar-refractivity contribution in [2.75, 3.05) is 7.11 Å². The van der Waals surface area contributed by atoms with Crippen LogP contribution in [0.1, 0.15) is 16.7 Å². The second-order valence-corrected chi connectivity index (χ2v) is 5.47. The number of esters is 1. The summed E-state index contributed by atoms with van der Waals surface area (Å²) in [6, 6.07) is 10.8. The van der Waals surface area contributed by atoms with Crippen molar-refractivity contribution >= 4 is 17.6 Å². The van der Waals surface area contributed by atoms with Gasteiger partial charge in [-0.15, -0.1) is 0 Å². The molecular weight excluding hydrogens is 349 g/mol. The Kier molecular flexibility index (Phi) is 4.46. The van der Waals surface area contributed by atoms with Crippen LogP contribution in [0.3, 0.4) is 0 Å². The molecule has 0 unspecified atom stereocenters. The minimum absolute atomic E-state index is 0.0640. The number of carbonyl (C=O) groups excluding carboxylic acids is 1. The number of aliphatic hydroxyl groups is 1. The number of cyclic esters (lactones) is 1. The molecule has 0 saturated heterocycles. The first-order valence-electron chi connectivity index (χ1n) is 7.49. The quantitative estimate of drug-likeness (QED) is 0.812. The number of methoxy groups -OCH3 is 1. The third kappa shape index (κ3) is 3.42. The van der Waals surface area contributed by atoms with Crippen LogP contribution >= 0.6 is 0 Å². The molecule has 1 aliphatic rings. The summed E-state index contributed by atoms with van der Waals surface area (Å²) in [5.74, 6) is -0.858. The van der Waals surface area contributed by atoms with Gasteiger partial charge in [0, 0.05) is 0 Å². The molecular formula is C19H13F3O4. The van der Waals surface area contributed by atoms with E-state index in [1.54, 1.807) is 24.3 Å². The SMILES string of the molecule is COc1ccc(C2=C(O)/C(=C/c3cccc(C(F)(F)F)c3)OC2=O)cc1. The molecule has 26 heavy (non-hydrogen) atoms. The third-order valence-corrected chi connectivity index (χ3v) is 3.77. The van der Waals surface area contributed by atoms with Crippen LogP contribution in [-0.2, 0) is 15.7 Å². The maximum Gasteiger partial charge on any atom is 0.416 e. The van der Waals surface area contributed by atoms with Crippen molar-refractivity contribution < 1.29 is 32.5 Å². The van der Waals surface area contributed by atoms with Gasteiger partial charge < -0.3 is 14.6 Å². The van der Waals surface area contributed by atoms with Crippen LogP contribution in [0.2, 0.25) is 0 Å². The van der Waals surface area contributed by atoms with Gasteiger partial charge >= 0.3 is 12.1 Å². The van der Waals surface area contributed by atoms with Gasteiger partial charge in [0.15, 0.2) is 11.5 Å². The lowest BCUT2D eigenvalue weighted by molar-refractivity contribution is -0.137. The van der Waals surface area contributed by atoms with E-state index in [9.17, 15) is 23.1 Å². The van der Waals surface area contributed by atoms with Gasteiger partial charge in [0.1, 0.15) is 11.3 Å². The second kappa shape index (κ2) is 6.59. The fraction of sp³-hybridized carbons (Fsp3) is 0.105. The predicted molar refractivity (Wildman–Crippen MR) is 88.1 cm³/mol. The highest BCUT2D eigenvalue weighted by Crippen LogP contribution is 2.34. The molecule has 0 aliphatic carbocycles. The molecule has 2 aromatic rings. The summed E-state index contributed by atoms with van der Waals surface area (Å²) in [5, 5.41) is 10.3. The summed E-state index contributed by atoms with van der Waals surface area (Å²) in [4.78, 5) is 12.1. The largest absolute Gasteiger partial charge is 0.504 e. The van der Waals surface area contributed by atoms with Crippen LogP contribution in [0.5, 0.6) is 5.75 Å². The average Bonchev–Trinajstić information content (AvgIpc) is 2.88. The molecule has 4 nitrogen and oxygen atoms in total. The summed E-state index contributed by atoms with van der Waals surface area (Å²) in [6.07, 6.45) is -3.31. The summed E-state index contributed by atoms with van der Waals surface area (Å²) < 4.78 is 48.4. The van der Waals surface area contributed by atoms with Gasteiger partial charge in [-0.3, -0.25) is 0 Å². The Hall–Kier alpha value is -3.22. The molecule has 0 fully saturated rings. The zero-order valence-corrected chi connectivity index (χ0v) is 13.5. The van der Waals surface area contributed by atoms with Gasteiger partial charge in [-0.05, 0) is 41.5 Å². The van der Waals surface area contributed by atoms with Crippen LogP contribution in [-0.4, -0.2) is 18.2 Å². The van der Waals surface area contributed by atoms with E-state index in [0.29, 0.717) is 11.3 Å². The van der Waals surface area contributed by atoms with Crippen LogP contribution in [0, 0.1) is 0 Å². The highest BCUT2D eigenvalue weighted by molar-refractivity contribution is 6.20. The number of rotatable bonds is 3. The highest BCUT2D eigenvalue weighted by atomic mass is 19.4. The fourth-order valence-corrected chi connectivity index (χ4v) is 2.49. The number of alkyl halides is 3. The summed E-state index contributed by atoms with van der Waals surface area (Å²) in [6.45, 7) is 0. The van der Waals surface area contributed by atoms with Crippen molar-refractivity contribution in [2.45, 2.75) is 6.18 Å². The van der Waals surface area contributed by atoms with E-state index in [4.69, 9.17) is 9.47 Å². The Morgan fingerprint density at radius 2 is 1.81 bits per heavy atom. The van der Waals surface area contributed by atoms with Gasteiger partial charge in [0.2, 0.25) is 0 Å². The molecule has 0 aromatic heterocycles. The van der Waals surface area contributed by atoms with Crippen molar-refractivity contribution in [3.63, 3.8) is 0 Å². The lowest BCUT2D eigenvalue weighted by atomic mass is 10.0. The van der Waals surface area contributed by atoms with E-state index in [1.165, 1.54) is 25.3 Å². The first-order chi connectivity index (χ1) is 12.3.